The first-order valence-corrected chi connectivity index (χ1v) is 5.28. The van der Waals surface area contributed by atoms with Crippen LogP contribution in [0.1, 0.15) is 19.3 Å². The molecule has 0 aliphatic carbocycles. The van der Waals surface area contributed by atoms with Gasteiger partial charge in [0.05, 0.1) is 6.04 Å². The first-order valence-electron chi connectivity index (χ1n) is 5.28. The van der Waals surface area contributed by atoms with Gasteiger partial charge in [-0.1, -0.05) is 0 Å². The normalized spacial score (nSPS) is 13.4. The van der Waals surface area contributed by atoms with E-state index < -0.39 is 30.2 Å². The summed E-state index contributed by atoms with van der Waals surface area (Å²) in [6, 6.07) is -0.996. The molecule has 9 nitrogen and oxygen atoms in total. The lowest BCUT2D eigenvalue weighted by Crippen LogP contribution is -2.48. The number of hydrogen-bond donors (Lipinski definition) is 6. The van der Waals surface area contributed by atoms with Crippen molar-refractivity contribution in [2.75, 3.05) is 6.54 Å². The Morgan fingerprint density at radius 1 is 1.11 bits per heavy atom. The fourth-order valence-corrected chi connectivity index (χ4v) is 1.35. The largest absolute Gasteiger partial charge is 0.465 e. The number of amides is 3. The summed E-state index contributed by atoms with van der Waals surface area (Å²) in [4.78, 5) is 31.3. The highest BCUT2D eigenvalue weighted by atomic mass is 16.4. The number of carbonyl (C=O) groups is 3. The van der Waals surface area contributed by atoms with Crippen molar-refractivity contribution < 1.29 is 29.7 Å². The van der Waals surface area contributed by atoms with Crippen LogP contribution < -0.4 is 16.4 Å². The summed E-state index contributed by atoms with van der Waals surface area (Å²) in [5.41, 5.74) is 4.87. The Bertz CT molecular complexity index is 309. The fourth-order valence-electron chi connectivity index (χ4n) is 1.35. The second-order valence-electron chi connectivity index (χ2n) is 3.63. The minimum absolute atomic E-state index is 0.178. The smallest absolute Gasteiger partial charge is 0.404 e. The van der Waals surface area contributed by atoms with E-state index in [4.69, 9.17) is 15.9 Å². The van der Waals surface area contributed by atoms with Crippen LogP contribution in [0, 0.1) is 0 Å². The van der Waals surface area contributed by atoms with Crippen LogP contribution in [0.25, 0.3) is 0 Å². The van der Waals surface area contributed by atoms with Crippen molar-refractivity contribution in [3.63, 3.8) is 0 Å². The minimum Gasteiger partial charge on any atom is -0.465 e. The van der Waals surface area contributed by atoms with Crippen LogP contribution in [0.4, 0.5) is 9.59 Å². The molecule has 104 valence electrons. The van der Waals surface area contributed by atoms with Crippen LogP contribution in [0.15, 0.2) is 0 Å². The van der Waals surface area contributed by atoms with E-state index in [1.54, 1.807) is 0 Å². The molecule has 0 aromatic carbocycles. The van der Waals surface area contributed by atoms with Gasteiger partial charge in [0, 0.05) is 6.54 Å². The molecule has 0 heterocycles. The first-order chi connectivity index (χ1) is 8.34. The molecule has 3 amide bonds. The lowest BCUT2D eigenvalue weighted by atomic mass is 10.0. The average molecular weight is 263 g/mol. The monoisotopic (exact) mass is 263 g/mol. The molecule has 0 aliphatic heterocycles. The zero-order chi connectivity index (χ0) is 14.1. The summed E-state index contributed by atoms with van der Waals surface area (Å²) in [7, 11) is 0. The molecular formula is C9H17N3O6. The summed E-state index contributed by atoms with van der Waals surface area (Å²) in [6.07, 6.45) is -3.06. The zero-order valence-corrected chi connectivity index (χ0v) is 9.63. The number of unbranched alkanes of at least 4 members (excludes halogenated alkanes) is 1. The molecule has 0 rings (SSSR count). The third-order valence-electron chi connectivity index (χ3n) is 2.20. The molecule has 0 aromatic rings. The highest BCUT2D eigenvalue weighted by molar-refractivity contribution is 5.80. The van der Waals surface area contributed by atoms with Gasteiger partial charge in [0.1, 0.15) is 0 Å². The van der Waals surface area contributed by atoms with Gasteiger partial charge in [-0.2, -0.15) is 0 Å². The second-order valence-corrected chi connectivity index (χ2v) is 3.63. The Labute approximate surface area is 103 Å². The standard InChI is InChI=1S/C9H17N3O6/c10-7(14)6(13)5(12-9(17)18)3-1-2-4-11-8(15)16/h5-6,11-13H,1-4H2,(H2,10,14)(H,15,16)(H,17,18)/t5-,6?/m0/s1. The predicted molar refractivity (Wildman–Crippen MR) is 60.0 cm³/mol. The molecule has 0 aromatic heterocycles. The molecule has 2 atom stereocenters. The summed E-state index contributed by atoms with van der Waals surface area (Å²) >= 11 is 0. The Morgan fingerprint density at radius 2 is 1.72 bits per heavy atom. The third kappa shape index (κ3) is 7.28. The van der Waals surface area contributed by atoms with Crippen LogP contribution in [0.3, 0.4) is 0 Å². The van der Waals surface area contributed by atoms with Crippen molar-refractivity contribution in [2.24, 2.45) is 5.73 Å². The van der Waals surface area contributed by atoms with Crippen LogP contribution in [0.5, 0.6) is 0 Å². The molecule has 7 N–H and O–H groups in total. The Kier molecular flexibility index (Phi) is 7.20. The van der Waals surface area contributed by atoms with E-state index in [0.717, 1.165) is 0 Å². The molecule has 0 spiro atoms. The number of carboxylic acid groups (broad SMARTS) is 2. The zero-order valence-electron chi connectivity index (χ0n) is 9.63. The number of aliphatic hydroxyl groups is 1. The topological polar surface area (TPSA) is 162 Å². The average Bonchev–Trinajstić information content (AvgIpc) is 2.24. The molecule has 0 bridgehead atoms. The Morgan fingerprint density at radius 3 is 2.17 bits per heavy atom. The SMILES string of the molecule is NC(=O)C(O)[C@H](CCCCNC(=O)O)NC(=O)O. The number of nitrogens with one attached hydrogen (secondary N) is 2. The maximum Gasteiger partial charge on any atom is 0.404 e. The lowest BCUT2D eigenvalue weighted by molar-refractivity contribution is -0.127. The maximum absolute atomic E-state index is 10.7. The summed E-state index contributed by atoms with van der Waals surface area (Å²) in [5.74, 6) is -1.02. The van der Waals surface area contributed by atoms with Crippen molar-refractivity contribution in [1.82, 2.24) is 10.6 Å². The van der Waals surface area contributed by atoms with Crippen molar-refractivity contribution in [3.8, 4) is 0 Å². The van der Waals surface area contributed by atoms with E-state index in [9.17, 15) is 19.5 Å². The summed E-state index contributed by atoms with van der Waals surface area (Å²) in [5, 5.41) is 30.3. The van der Waals surface area contributed by atoms with Gasteiger partial charge in [0.25, 0.3) is 0 Å². The van der Waals surface area contributed by atoms with E-state index in [1.165, 1.54) is 0 Å². The molecule has 0 radical (unpaired) electrons. The van der Waals surface area contributed by atoms with Gasteiger partial charge in [0.15, 0.2) is 6.10 Å². The highest BCUT2D eigenvalue weighted by Gasteiger charge is 2.25. The van der Waals surface area contributed by atoms with Crippen molar-refractivity contribution in [1.29, 1.82) is 0 Å². The van der Waals surface area contributed by atoms with Crippen molar-refractivity contribution in [2.45, 2.75) is 31.4 Å². The molecule has 1 unspecified atom stereocenters. The van der Waals surface area contributed by atoms with E-state index in [-0.39, 0.29) is 13.0 Å². The maximum atomic E-state index is 10.7. The Hall–Kier alpha value is -2.03. The van der Waals surface area contributed by atoms with E-state index in [2.05, 4.69) is 5.32 Å². The van der Waals surface area contributed by atoms with E-state index in [1.807, 2.05) is 5.32 Å². The summed E-state index contributed by atoms with van der Waals surface area (Å²) in [6.45, 7) is 0.210. The second kappa shape index (κ2) is 8.12. The van der Waals surface area contributed by atoms with Crippen molar-refractivity contribution >= 4 is 18.1 Å². The number of primary amides is 1. The van der Waals surface area contributed by atoms with Gasteiger partial charge in [-0.3, -0.25) is 4.79 Å². The number of nitrogens with two attached hydrogens (primary N) is 1. The van der Waals surface area contributed by atoms with Gasteiger partial charge in [-0.05, 0) is 19.3 Å². The van der Waals surface area contributed by atoms with Crippen LogP contribution >= 0.6 is 0 Å². The highest BCUT2D eigenvalue weighted by Crippen LogP contribution is 2.05. The molecule has 0 fully saturated rings. The summed E-state index contributed by atoms with van der Waals surface area (Å²) < 4.78 is 0. The number of hydrogen-bond acceptors (Lipinski definition) is 4. The van der Waals surface area contributed by atoms with Crippen molar-refractivity contribution in [3.05, 3.63) is 0 Å². The molecule has 0 saturated carbocycles. The van der Waals surface area contributed by atoms with Gasteiger partial charge < -0.3 is 31.7 Å². The van der Waals surface area contributed by atoms with Crippen LogP contribution in [-0.4, -0.2) is 52.1 Å². The van der Waals surface area contributed by atoms with Crippen LogP contribution in [0.2, 0.25) is 0 Å². The molecule has 0 saturated heterocycles. The van der Waals surface area contributed by atoms with Gasteiger partial charge in [0.2, 0.25) is 5.91 Å². The molecule has 0 aliphatic rings. The minimum atomic E-state index is -1.60. The van der Waals surface area contributed by atoms with E-state index in [0.29, 0.717) is 12.8 Å². The lowest BCUT2D eigenvalue weighted by Gasteiger charge is -2.20. The Balaban J connectivity index is 4.05. The molecule has 9 heteroatoms. The quantitative estimate of drug-likeness (QED) is 0.305. The van der Waals surface area contributed by atoms with Gasteiger partial charge in [-0.15, -0.1) is 0 Å². The third-order valence-corrected chi connectivity index (χ3v) is 2.20. The molecule has 18 heavy (non-hydrogen) atoms. The van der Waals surface area contributed by atoms with E-state index >= 15 is 0 Å². The van der Waals surface area contributed by atoms with Gasteiger partial charge >= 0.3 is 12.2 Å². The predicted octanol–water partition coefficient (Wildman–Crippen LogP) is -1.09. The number of aliphatic hydroxyl groups excluding tert-OH is 1. The first kappa shape index (κ1) is 16.0. The number of carbonyl (C=O) groups excluding carboxylic acids is 1. The molecular weight excluding hydrogens is 246 g/mol. The fraction of sp³-hybridized carbons (Fsp3) is 0.667. The van der Waals surface area contributed by atoms with Gasteiger partial charge in [-0.25, -0.2) is 9.59 Å². The van der Waals surface area contributed by atoms with Crippen LogP contribution in [-0.2, 0) is 4.79 Å². The number of rotatable bonds is 8.